The van der Waals surface area contributed by atoms with Crippen molar-refractivity contribution in [3.8, 4) is 5.75 Å². The molecule has 0 unspecified atom stereocenters. The SMILES string of the molecule is CN=C(NCCc1csc(C)n1)NCc1ccc(OCCOC)cc1.I. The number of methoxy groups -OCH3 is 1. The summed E-state index contributed by atoms with van der Waals surface area (Å²) < 4.78 is 10.5. The van der Waals surface area contributed by atoms with Crippen LogP contribution >= 0.6 is 35.3 Å². The minimum Gasteiger partial charge on any atom is -0.491 e. The second-order valence-corrected chi connectivity index (χ2v) is 6.51. The van der Waals surface area contributed by atoms with Crippen molar-refractivity contribution in [2.75, 3.05) is 33.9 Å². The number of nitrogens with one attached hydrogen (secondary N) is 2. The molecule has 0 bridgehead atoms. The number of guanidine groups is 1. The van der Waals surface area contributed by atoms with Gasteiger partial charge in [-0.2, -0.15) is 0 Å². The topological polar surface area (TPSA) is 67.8 Å². The molecule has 1 aromatic carbocycles. The Balaban J connectivity index is 0.00000338. The predicted molar refractivity (Wildman–Crippen MR) is 118 cm³/mol. The summed E-state index contributed by atoms with van der Waals surface area (Å²) in [6.45, 7) is 4.67. The molecule has 0 saturated heterocycles. The fourth-order valence-corrected chi connectivity index (χ4v) is 2.83. The Morgan fingerprint density at radius 3 is 2.58 bits per heavy atom. The molecule has 0 aliphatic heterocycles. The number of thiazole rings is 1. The van der Waals surface area contributed by atoms with E-state index >= 15 is 0 Å². The fourth-order valence-electron chi connectivity index (χ4n) is 2.18. The molecule has 0 fully saturated rings. The van der Waals surface area contributed by atoms with Crippen molar-refractivity contribution >= 4 is 41.3 Å². The van der Waals surface area contributed by atoms with Crippen molar-refractivity contribution in [3.05, 3.63) is 45.9 Å². The number of hydrogen-bond acceptors (Lipinski definition) is 5. The standard InChI is InChI=1S/C18H26N4O2S.HI/c1-14-22-16(13-25-14)8-9-20-18(19-2)21-12-15-4-6-17(7-5-15)24-11-10-23-3;/h4-7,13H,8-12H2,1-3H3,(H2,19,20,21);1H. The Morgan fingerprint density at radius 1 is 1.19 bits per heavy atom. The lowest BCUT2D eigenvalue weighted by Crippen LogP contribution is -2.37. The summed E-state index contributed by atoms with van der Waals surface area (Å²) in [6, 6.07) is 8.02. The summed E-state index contributed by atoms with van der Waals surface area (Å²) >= 11 is 1.68. The van der Waals surface area contributed by atoms with E-state index in [1.54, 1.807) is 25.5 Å². The smallest absolute Gasteiger partial charge is 0.191 e. The molecule has 2 aromatic rings. The van der Waals surface area contributed by atoms with E-state index < -0.39 is 0 Å². The zero-order chi connectivity index (χ0) is 17.9. The van der Waals surface area contributed by atoms with Crippen LogP contribution in [-0.2, 0) is 17.7 Å². The van der Waals surface area contributed by atoms with Gasteiger partial charge in [-0.05, 0) is 24.6 Å². The molecule has 8 heteroatoms. The molecule has 0 atom stereocenters. The van der Waals surface area contributed by atoms with Gasteiger partial charge in [0.05, 0.1) is 17.3 Å². The van der Waals surface area contributed by atoms with Gasteiger partial charge in [-0.25, -0.2) is 4.98 Å². The quantitative estimate of drug-likeness (QED) is 0.245. The summed E-state index contributed by atoms with van der Waals surface area (Å²) in [7, 11) is 3.44. The summed E-state index contributed by atoms with van der Waals surface area (Å²) in [4.78, 5) is 8.71. The monoisotopic (exact) mass is 490 g/mol. The van der Waals surface area contributed by atoms with Gasteiger partial charge in [0.15, 0.2) is 5.96 Å². The molecule has 2 N–H and O–H groups in total. The molecule has 144 valence electrons. The van der Waals surface area contributed by atoms with Crippen LogP contribution < -0.4 is 15.4 Å². The van der Waals surface area contributed by atoms with Crippen molar-refractivity contribution in [2.45, 2.75) is 19.9 Å². The molecule has 26 heavy (non-hydrogen) atoms. The van der Waals surface area contributed by atoms with Crippen molar-refractivity contribution < 1.29 is 9.47 Å². The average molecular weight is 490 g/mol. The highest BCUT2D eigenvalue weighted by molar-refractivity contribution is 14.0. The molecule has 1 heterocycles. The van der Waals surface area contributed by atoms with E-state index in [1.165, 1.54) is 0 Å². The highest BCUT2D eigenvalue weighted by atomic mass is 127. The number of halogens is 1. The van der Waals surface area contributed by atoms with Crippen LogP contribution in [0.3, 0.4) is 0 Å². The lowest BCUT2D eigenvalue weighted by Gasteiger charge is -2.12. The summed E-state index contributed by atoms with van der Waals surface area (Å²) in [6.07, 6.45) is 0.887. The van der Waals surface area contributed by atoms with Gasteiger partial charge >= 0.3 is 0 Å². The van der Waals surface area contributed by atoms with E-state index in [9.17, 15) is 0 Å². The molecule has 1 aromatic heterocycles. The lowest BCUT2D eigenvalue weighted by molar-refractivity contribution is 0.146. The van der Waals surface area contributed by atoms with Gasteiger partial charge < -0.3 is 20.1 Å². The number of ether oxygens (including phenoxy) is 2. The Morgan fingerprint density at radius 2 is 1.96 bits per heavy atom. The number of nitrogens with zero attached hydrogens (tertiary/aromatic N) is 2. The molecule has 0 radical (unpaired) electrons. The van der Waals surface area contributed by atoms with Crippen LogP contribution in [0.2, 0.25) is 0 Å². The molecular formula is C18H27IN4O2S. The van der Waals surface area contributed by atoms with Crippen molar-refractivity contribution in [3.63, 3.8) is 0 Å². The van der Waals surface area contributed by atoms with Crippen LogP contribution in [0.4, 0.5) is 0 Å². The minimum absolute atomic E-state index is 0. The van der Waals surface area contributed by atoms with Gasteiger partial charge in [0, 0.05) is 39.0 Å². The van der Waals surface area contributed by atoms with Gasteiger partial charge in [0.1, 0.15) is 12.4 Å². The first-order valence-electron chi connectivity index (χ1n) is 8.27. The zero-order valence-corrected chi connectivity index (χ0v) is 18.6. The van der Waals surface area contributed by atoms with E-state index in [4.69, 9.17) is 9.47 Å². The third-order valence-corrected chi connectivity index (χ3v) is 4.33. The molecule has 6 nitrogen and oxygen atoms in total. The summed E-state index contributed by atoms with van der Waals surface area (Å²) in [5.41, 5.74) is 2.28. The second-order valence-electron chi connectivity index (χ2n) is 5.45. The summed E-state index contributed by atoms with van der Waals surface area (Å²) in [5.74, 6) is 1.63. The van der Waals surface area contributed by atoms with Crippen molar-refractivity contribution in [1.29, 1.82) is 0 Å². The van der Waals surface area contributed by atoms with Gasteiger partial charge in [0.2, 0.25) is 0 Å². The minimum atomic E-state index is 0. The number of benzene rings is 1. The number of aryl methyl sites for hydroxylation is 1. The molecular weight excluding hydrogens is 463 g/mol. The molecule has 0 aliphatic carbocycles. The number of aliphatic imine (C=N–C) groups is 1. The van der Waals surface area contributed by atoms with Crippen LogP contribution in [0.15, 0.2) is 34.6 Å². The third-order valence-electron chi connectivity index (χ3n) is 3.50. The molecule has 2 rings (SSSR count). The predicted octanol–water partition coefficient (Wildman–Crippen LogP) is 3.00. The van der Waals surface area contributed by atoms with Crippen LogP contribution in [0.5, 0.6) is 5.75 Å². The van der Waals surface area contributed by atoms with Crippen LogP contribution in [0.1, 0.15) is 16.3 Å². The first kappa shape index (κ1) is 22.7. The molecule has 0 amide bonds. The zero-order valence-electron chi connectivity index (χ0n) is 15.4. The maximum Gasteiger partial charge on any atom is 0.191 e. The van der Waals surface area contributed by atoms with Gasteiger partial charge in [-0.15, -0.1) is 35.3 Å². The number of aromatic nitrogens is 1. The first-order valence-corrected chi connectivity index (χ1v) is 9.15. The largest absolute Gasteiger partial charge is 0.491 e. The Hall–Kier alpha value is -1.39. The highest BCUT2D eigenvalue weighted by Gasteiger charge is 2.01. The van der Waals surface area contributed by atoms with E-state index in [0.717, 1.165) is 40.9 Å². The number of rotatable bonds is 9. The molecule has 0 aliphatic rings. The number of hydrogen-bond donors (Lipinski definition) is 2. The van der Waals surface area contributed by atoms with Gasteiger partial charge in [0.25, 0.3) is 0 Å². The average Bonchev–Trinajstić information content (AvgIpc) is 3.04. The first-order chi connectivity index (χ1) is 12.2. The van der Waals surface area contributed by atoms with E-state index in [0.29, 0.717) is 19.8 Å². The van der Waals surface area contributed by atoms with Gasteiger partial charge in [-0.3, -0.25) is 4.99 Å². The highest BCUT2D eigenvalue weighted by Crippen LogP contribution is 2.12. The third kappa shape index (κ3) is 8.33. The van der Waals surface area contributed by atoms with Crippen LogP contribution in [0.25, 0.3) is 0 Å². The second kappa shape index (κ2) is 12.9. The van der Waals surface area contributed by atoms with E-state index in [-0.39, 0.29) is 24.0 Å². The maximum atomic E-state index is 5.56. The van der Waals surface area contributed by atoms with Crippen molar-refractivity contribution in [2.24, 2.45) is 4.99 Å². The van der Waals surface area contributed by atoms with Crippen LogP contribution in [-0.4, -0.2) is 44.9 Å². The van der Waals surface area contributed by atoms with E-state index in [1.807, 2.05) is 31.2 Å². The lowest BCUT2D eigenvalue weighted by atomic mass is 10.2. The Labute approximate surface area is 176 Å². The van der Waals surface area contributed by atoms with Crippen molar-refractivity contribution in [1.82, 2.24) is 15.6 Å². The summed E-state index contributed by atoms with van der Waals surface area (Å²) in [5, 5.41) is 9.82. The molecule has 0 saturated carbocycles. The maximum absolute atomic E-state index is 5.56. The normalized spacial score (nSPS) is 11.0. The Bertz CT molecular complexity index is 661. The fraction of sp³-hybridized carbons (Fsp3) is 0.444. The van der Waals surface area contributed by atoms with E-state index in [2.05, 4.69) is 26.0 Å². The van der Waals surface area contributed by atoms with Crippen LogP contribution in [0, 0.1) is 6.92 Å². The van der Waals surface area contributed by atoms with Gasteiger partial charge in [-0.1, -0.05) is 12.1 Å². The molecule has 0 spiro atoms. The Kier molecular flexibility index (Phi) is 11.2.